The lowest BCUT2D eigenvalue weighted by Gasteiger charge is -2.08. The molecule has 0 radical (unpaired) electrons. The van der Waals surface area contributed by atoms with Gasteiger partial charge in [0.1, 0.15) is 17.7 Å². The molecule has 0 aliphatic carbocycles. The first kappa shape index (κ1) is 16.4. The average Bonchev–Trinajstić information content (AvgIpc) is 3.15. The fourth-order valence-electron chi connectivity index (χ4n) is 1.95. The average molecular weight is 362 g/mol. The summed E-state index contributed by atoms with van der Waals surface area (Å²) >= 11 is 5.59. The van der Waals surface area contributed by atoms with E-state index in [1.54, 1.807) is 0 Å². The Labute approximate surface area is 137 Å². The van der Waals surface area contributed by atoms with E-state index in [1.807, 2.05) is 0 Å². The molecule has 0 aliphatic heterocycles. The van der Waals surface area contributed by atoms with Crippen LogP contribution in [0, 0.1) is 5.82 Å². The molecule has 126 valence electrons. The maximum Gasteiger partial charge on any atom is 0.390 e. The number of aryl methyl sites for hydroxylation is 1. The predicted octanol–water partition coefficient (Wildman–Crippen LogP) is 3.74. The number of rotatable bonds is 4. The Morgan fingerprint density at radius 1 is 1.25 bits per heavy atom. The van der Waals surface area contributed by atoms with Gasteiger partial charge in [0.05, 0.1) is 24.9 Å². The lowest BCUT2D eigenvalue weighted by atomic mass is 10.2. The predicted molar refractivity (Wildman–Crippen MR) is 74.4 cm³/mol. The van der Waals surface area contributed by atoms with Gasteiger partial charge in [0.15, 0.2) is 16.8 Å². The molecule has 0 unspecified atom stereocenters. The van der Waals surface area contributed by atoms with E-state index in [4.69, 9.17) is 16.1 Å². The molecule has 3 rings (SSSR count). The van der Waals surface area contributed by atoms with Gasteiger partial charge < -0.3 is 4.52 Å². The number of halogens is 5. The van der Waals surface area contributed by atoms with Crippen LogP contribution in [0.2, 0.25) is 5.15 Å². The first-order chi connectivity index (χ1) is 11.3. The Balaban J connectivity index is 2.00. The second-order valence-corrected chi connectivity index (χ2v) is 5.08. The van der Waals surface area contributed by atoms with Gasteiger partial charge in [0.25, 0.3) is 0 Å². The summed E-state index contributed by atoms with van der Waals surface area (Å²) in [4.78, 5) is 7.47. The van der Waals surface area contributed by atoms with Gasteiger partial charge in [0, 0.05) is 6.07 Å². The summed E-state index contributed by atoms with van der Waals surface area (Å²) in [6, 6.07) is 2.90. The van der Waals surface area contributed by atoms with Gasteiger partial charge in [-0.2, -0.15) is 18.3 Å². The Bertz CT molecular complexity index is 847. The van der Waals surface area contributed by atoms with Crippen LogP contribution in [0.4, 0.5) is 17.6 Å². The zero-order chi connectivity index (χ0) is 17.3. The maximum absolute atomic E-state index is 13.1. The molecule has 0 aliphatic rings. The van der Waals surface area contributed by atoms with E-state index in [0.717, 1.165) is 10.9 Å². The molecule has 0 fully saturated rings. The number of aromatic nitrogens is 5. The van der Waals surface area contributed by atoms with Crippen molar-refractivity contribution in [3.8, 4) is 22.9 Å². The van der Waals surface area contributed by atoms with E-state index < -0.39 is 30.1 Å². The molecule has 0 saturated heterocycles. The van der Waals surface area contributed by atoms with Crippen molar-refractivity contribution in [1.82, 2.24) is 24.9 Å². The third-order valence-electron chi connectivity index (χ3n) is 3.02. The number of hydrogen-bond donors (Lipinski definition) is 0. The van der Waals surface area contributed by atoms with E-state index in [1.165, 1.54) is 18.4 Å². The Morgan fingerprint density at radius 3 is 2.67 bits per heavy atom. The standard InChI is InChI=1S/C13H8ClF4N5O/c14-11-7(15)6-19-12(20-11)9-5-10(8-1-4-24-22-8)23(21-9)3-2-13(16,17)18/h1,4-6H,2-3H2. The van der Waals surface area contributed by atoms with Crippen LogP contribution in [0.15, 0.2) is 29.1 Å². The summed E-state index contributed by atoms with van der Waals surface area (Å²) in [5.74, 6) is -0.828. The highest BCUT2D eigenvalue weighted by Gasteiger charge is 2.28. The molecule has 3 aromatic rings. The van der Waals surface area contributed by atoms with Gasteiger partial charge in [-0.3, -0.25) is 4.68 Å². The number of nitrogens with zero attached hydrogens (tertiary/aromatic N) is 5. The third-order valence-corrected chi connectivity index (χ3v) is 3.28. The quantitative estimate of drug-likeness (QED) is 0.523. The Kier molecular flexibility index (Phi) is 4.22. The summed E-state index contributed by atoms with van der Waals surface area (Å²) in [6.07, 6.45) is -3.29. The van der Waals surface area contributed by atoms with Crippen molar-refractivity contribution in [3.63, 3.8) is 0 Å². The van der Waals surface area contributed by atoms with Crippen molar-refractivity contribution < 1.29 is 22.1 Å². The second-order valence-electron chi connectivity index (χ2n) is 4.72. The van der Waals surface area contributed by atoms with Gasteiger partial charge >= 0.3 is 6.18 Å². The Morgan fingerprint density at radius 2 is 2.04 bits per heavy atom. The molecule has 3 heterocycles. The second kappa shape index (κ2) is 6.19. The van der Waals surface area contributed by atoms with Crippen molar-refractivity contribution in [2.75, 3.05) is 0 Å². The minimum atomic E-state index is -4.34. The SMILES string of the molecule is Fc1cnc(-c2cc(-c3ccon3)n(CCC(F)(F)F)n2)nc1Cl. The summed E-state index contributed by atoms with van der Waals surface area (Å²) in [6.45, 7) is -0.430. The molecular formula is C13H8ClF4N5O. The van der Waals surface area contributed by atoms with Crippen molar-refractivity contribution in [2.24, 2.45) is 0 Å². The molecular weight excluding hydrogens is 354 g/mol. The van der Waals surface area contributed by atoms with E-state index in [2.05, 4.69) is 20.2 Å². The maximum atomic E-state index is 13.1. The summed E-state index contributed by atoms with van der Waals surface area (Å²) in [5.41, 5.74) is 0.716. The van der Waals surface area contributed by atoms with E-state index in [-0.39, 0.29) is 17.2 Å². The van der Waals surface area contributed by atoms with Crippen LogP contribution in [-0.2, 0) is 6.54 Å². The largest absolute Gasteiger partial charge is 0.390 e. The molecule has 0 aromatic carbocycles. The van der Waals surface area contributed by atoms with Gasteiger partial charge in [0.2, 0.25) is 0 Å². The lowest BCUT2D eigenvalue weighted by molar-refractivity contribution is -0.137. The summed E-state index contributed by atoms with van der Waals surface area (Å²) in [5, 5.41) is 7.32. The van der Waals surface area contributed by atoms with Gasteiger partial charge in [-0.05, 0) is 6.07 Å². The molecule has 11 heteroatoms. The zero-order valence-corrected chi connectivity index (χ0v) is 12.5. The molecule has 0 amide bonds. The van der Waals surface area contributed by atoms with Crippen LogP contribution < -0.4 is 0 Å². The van der Waals surface area contributed by atoms with Crippen LogP contribution in [0.25, 0.3) is 22.9 Å². The number of hydrogen-bond acceptors (Lipinski definition) is 5. The minimum absolute atomic E-state index is 0.0168. The van der Waals surface area contributed by atoms with E-state index in [9.17, 15) is 17.6 Å². The summed E-state index contributed by atoms with van der Waals surface area (Å²) in [7, 11) is 0. The molecule has 0 saturated carbocycles. The van der Waals surface area contributed by atoms with Crippen molar-refractivity contribution in [1.29, 1.82) is 0 Å². The van der Waals surface area contributed by atoms with Crippen LogP contribution in [0.5, 0.6) is 0 Å². The topological polar surface area (TPSA) is 69.6 Å². The van der Waals surface area contributed by atoms with Gasteiger partial charge in [-0.1, -0.05) is 16.8 Å². The molecule has 0 atom stereocenters. The monoisotopic (exact) mass is 361 g/mol. The van der Waals surface area contributed by atoms with Crippen LogP contribution in [0.1, 0.15) is 6.42 Å². The first-order valence-corrected chi connectivity index (χ1v) is 6.95. The highest BCUT2D eigenvalue weighted by atomic mass is 35.5. The molecule has 6 nitrogen and oxygen atoms in total. The van der Waals surface area contributed by atoms with Crippen molar-refractivity contribution in [3.05, 3.63) is 35.6 Å². The first-order valence-electron chi connectivity index (χ1n) is 6.57. The summed E-state index contributed by atoms with van der Waals surface area (Å²) < 4.78 is 56.4. The van der Waals surface area contributed by atoms with Gasteiger partial charge in [-0.25, -0.2) is 14.4 Å². The zero-order valence-electron chi connectivity index (χ0n) is 11.8. The fraction of sp³-hybridized carbons (Fsp3) is 0.231. The molecule has 0 spiro atoms. The van der Waals surface area contributed by atoms with Crippen molar-refractivity contribution >= 4 is 11.6 Å². The van der Waals surface area contributed by atoms with Gasteiger partial charge in [-0.15, -0.1) is 0 Å². The molecule has 0 N–H and O–H groups in total. The lowest BCUT2D eigenvalue weighted by Crippen LogP contribution is -2.13. The molecule has 24 heavy (non-hydrogen) atoms. The normalized spacial score (nSPS) is 11.9. The van der Waals surface area contributed by atoms with Crippen molar-refractivity contribution in [2.45, 2.75) is 19.1 Å². The minimum Gasteiger partial charge on any atom is -0.364 e. The Hall–Kier alpha value is -2.49. The van der Waals surface area contributed by atoms with E-state index >= 15 is 0 Å². The van der Waals surface area contributed by atoms with Crippen LogP contribution in [0.3, 0.4) is 0 Å². The number of alkyl halides is 3. The van der Waals surface area contributed by atoms with E-state index in [0.29, 0.717) is 5.69 Å². The smallest absolute Gasteiger partial charge is 0.364 e. The third kappa shape index (κ3) is 3.53. The molecule has 0 bridgehead atoms. The highest BCUT2D eigenvalue weighted by Crippen LogP contribution is 2.27. The van der Waals surface area contributed by atoms with Crippen LogP contribution in [-0.4, -0.2) is 31.1 Å². The van der Waals surface area contributed by atoms with Crippen LogP contribution >= 0.6 is 11.6 Å². The molecule has 3 aromatic heterocycles. The fourth-order valence-corrected chi connectivity index (χ4v) is 2.08. The highest BCUT2D eigenvalue weighted by molar-refractivity contribution is 6.29.